The summed E-state index contributed by atoms with van der Waals surface area (Å²) in [4.78, 5) is 27.7. The van der Waals surface area contributed by atoms with E-state index in [1.54, 1.807) is 23.1 Å². The van der Waals surface area contributed by atoms with E-state index in [-0.39, 0.29) is 17.9 Å². The average molecular weight is 498 g/mol. The number of amides is 2. The molecule has 8 heteroatoms. The van der Waals surface area contributed by atoms with E-state index in [1.165, 1.54) is 0 Å². The topological polar surface area (TPSA) is 58.6 Å². The molecule has 0 spiro atoms. The molecule has 4 rings (SSSR count). The van der Waals surface area contributed by atoms with Crippen LogP contribution < -0.4 is 10.1 Å². The second-order valence-corrected chi connectivity index (χ2v) is 8.92. The number of halogens is 3. The van der Waals surface area contributed by atoms with Crippen LogP contribution in [0, 0.1) is 0 Å². The van der Waals surface area contributed by atoms with Gasteiger partial charge in [0.15, 0.2) is 0 Å². The molecular weight excluding hydrogens is 479 g/mol. The van der Waals surface area contributed by atoms with Gasteiger partial charge in [-0.15, -0.1) is 0 Å². The van der Waals surface area contributed by atoms with Gasteiger partial charge in [0.25, 0.3) is 5.91 Å². The van der Waals surface area contributed by atoms with Crippen molar-refractivity contribution in [2.75, 3.05) is 13.2 Å². The fourth-order valence-electron chi connectivity index (χ4n) is 3.88. The summed E-state index contributed by atoms with van der Waals surface area (Å²) in [6.07, 6.45) is 2.05. The van der Waals surface area contributed by atoms with Crippen LogP contribution in [0.1, 0.15) is 41.2 Å². The van der Waals surface area contributed by atoms with Crippen LogP contribution in [-0.4, -0.2) is 35.9 Å². The fraction of sp³-hybridized carbons (Fsp3) is 0.333. The van der Waals surface area contributed by atoms with Gasteiger partial charge in [-0.3, -0.25) is 9.59 Å². The van der Waals surface area contributed by atoms with Gasteiger partial charge >= 0.3 is 0 Å². The lowest BCUT2D eigenvalue weighted by atomic mass is 10.00. The minimum Gasteiger partial charge on any atom is -0.493 e. The van der Waals surface area contributed by atoms with Gasteiger partial charge in [-0.2, -0.15) is 0 Å². The minimum atomic E-state index is -0.531. The van der Waals surface area contributed by atoms with Crippen molar-refractivity contribution < 1.29 is 14.3 Å². The number of carbonyl (C=O) groups is 2. The molecule has 2 amide bonds. The maximum Gasteiger partial charge on any atom is 0.256 e. The van der Waals surface area contributed by atoms with E-state index in [2.05, 4.69) is 21.2 Å². The standard InChI is InChI=1S/C21H19BrCl2N2O3/c22-12-3-6-19-15(10-12)17(7-9-29-19)25-20(27)18-2-1-8-26(18)21(28)14-11-13(23)4-5-16(14)24/h3-6,10-11,17-18H,1-2,7-9H2,(H,25,27). The quantitative estimate of drug-likeness (QED) is 0.649. The number of benzene rings is 2. The van der Waals surface area contributed by atoms with Crippen molar-refractivity contribution >= 4 is 50.9 Å². The molecule has 2 aromatic carbocycles. The number of fused-ring (bicyclic) bond motifs is 1. The molecule has 1 fully saturated rings. The van der Waals surface area contributed by atoms with E-state index in [1.807, 2.05) is 18.2 Å². The van der Waals surface area contributed by atoms with Gasteiger partial charge in [0.1, 0.15) is 11.8 Å². The molecule has 2 unspecified atom stereocenters. The van der Waals surface area contributed by atoms with Crippen LogP contribution in [-0.2, 0) is 4.79 Å². The third-order valence-electron chi connectivity index (χ3n) is 5.30. The van der Waals surface area contributed by atoms with Crippen molar-refractivity contribution in [2.24, 2.45) is 0 Å². The summed E-state index contributed by atoms with van der Waals surface area (Å²) in [6.45, 7) is 1.04. The van der Waals surface area contributed by atoms with Crippen LogP contribution in [0.15, 0.2) is 40.9 Å². The number of carbonyl (C=O) groups excluding carboxylic acids is 2. The molecule has 2 aliphatic rings. The Morgan fingerprint density at radius 1 is 1.14 bits per heavy atom. The molecule has 0 saturated carbocycles. The number of hydrogen-bond acceptors (Lipinski definition) is 3. The lowest BCUT2D eigenvalue weighted by Crippen LogP contribution is -2.47. The normalized spacial score (nSPS) is 20.7. The van der Waals surface area contributed by atoms with E-state index in [4.69, 9.17) is 27.9 Å². The molecule has 2 atom stereocenters. The molecular formula is C21H19BrCl2N2O3. The van der Waals surface area contributed by atoms with Gasteiger partial charge < -0.3 is 15.0 Å². The van der Waals surface area contributed by atoms with Crippen LogP contribution in [0.3, 0.4) is 0 Å². The Morgan fingerprint density at radius 2 is 1.97 bits per heavy atom. The van der Waals surface area contributed by atoms with Crippen molar-refractivity contribution in [3.8, 4) is 5.75 Å². The van der Waals surface area contributed by atoms with E-state index < -0.39 is 6.04 Å². The van der Waals surface area contributed by atoms with E-state index >= 15 is 0 Å². The number of rotatable bonds is 3. The molecule has 0 radical (unpaired) electrons. The Labute approximate surface area is 187 Å². The Morgan fingerprint density at radius 3 is 2.79 bits per heavy atom. The highest BCUT2D eigenvalue weighted by Crippen LogP contribution is 2.35. The summed E-state index contributed by atoms with van der Waals surface area (Å²) < 4.78 is 6.62. The lowest BCUT2D eigenvalue weighted by molar-refractivity contribution is -0.125. The first-order valence-corrected chi connectivity index (χ1v) is 11.0. The first-order valence-electron chi connectivity index (χ1n) is 9.42. The van der Waals surface area contributed by atoms with Crippen LogP contribution in [0.2, 0.25) is 10.0 Å². The van der Waals surface area contributed by atoms with Gasteiger partial charge in [-0.1, -0.05) is 39.1 Å². The van der Waals surface area contributed by atoms with Gasteiger partial charge in [0, 0.05) is 28.0 Å². The van der Waals surface area contributed by atoms with E-state index in [9.17, 15) is 9.59 Å². The highest BCUT2D eigenvalue weighted by molar-refractivity contribution is 9.10. The van der Waals surface area contributed by atoms with Crippen molar-refractivity contribution in [3.05, 3.63) is 62.0 Å². The zero-order valence-corrected chi connectivity index (χ0v) is 18.6. The second-order valence-electron chi connectivity index (χ2n) is 7.16. The van der Waals surface area contributed by atoms with Gasteiger partial charge in [0.2, 0.25) is 5.91 Å². The summed E-state index contributed by atoms with van der Waals surface area (Å²) in [5.41, 5.74) is 1.26. The summed E-state index contributed by atoms with van der Waals surface area (Å²) in [7, 11) is 0. The highest BCUT2D eigenvalue weighted by Gasteiger charge is 2.36. The summed E-state index contributed by atoms with van der Waals surface area (Å²) in [5, 5.41) is 3.87. The van der Waals surface area contributed by atoms with Crippen LogP contribution >= 0.6 is 39.1 Å². The largest absolute Gasteiger partial charge is 0.493 e. The molecule has 2 heterocycles. The molecule has 29 heavy (non-hydrogen) atoms. The zero-order chi connectivity index (χ0) is 20.5. The molecule has 0 aromatic heterocycles. The number of likely N-dealkylation sites (tertiary alicyclic amines) is 1. The molecule has 2 aliphatic heterocycles. The Bertz CT molecular complexity index is 969. The number of nitrogens with zero attached hydrogens (tertiary/aromatic N) is 1. The fourth-order valence-corrected chi connectivity index (χ4v) is 4.63. The highest BCUT2D eigenvalue weighted by atomic mass is 79.9. The number of ether oxygens (including phenoxy) is 1. The Kier molecular flexibility index (Phi) is 6.04. The maximum atomic E-state index is 13.1. The van der Waals surface area contributed by atoms with Gasteiger partial charge in [-0.25, -0.2) is 0 Å². The molecule has 1 N–H and O–H groups in total. The van der Waals surface area contributed by atoms with E-state index in [0.29, 0.717) is 41.6 Å². The van der Waals surface area contributed by atoms with Crippen molar-refractivity contribution in [1.29, 1.82) is 0 Å². The molecule has 0 bridgehead atoms. The third-order valence-corrected chi connectivity index (χ3v) is 6.36. The first-order chi connectivity index (χ1) is 13.9. The Balaban J connectivity index is 1.53. The smallest absolute Gasteiger partial charge is 0.256 e. The first kappa shape index (κ1) is 20.5. The molecule has 1 saturated heterocycles. The monoisotopic (exact) mass is 496 g/mol. The second kappa shape index (κ2) is 8.54. The summed E-state index contributed by atoms with van der Waals surface area (Å²) >= 11 is 15.7. The maximum absolute atomic E-state index is 13.1. The molecule has 2 aromatic rings. The average Bonchev–Trinajstić information content (AvgIpc) is 3.20. The predicted octanol–water partition coefficient (Wildman–Crippen LogP) is 5.00. The van der Waals surface area contributed by atoms with Gasteiger partial charge in [0.05, 0.1) is 23.2 Å². The third kappa shape index (κ3) is 4.25. The summed E-state index contributed by atoms with van der Waals surface area (Å²) in [5.74, 6) is 0.340. The lowest BCUT2D eigenvalue weighted by Gasteiger charge is -2.30. The number of hydrogen-bond donors (Lipinski definition) is 1. The van der Waals surface area contributed by atoms with Crippen molar-refractivity contribution in [3.63, 3.8) is 0 Å². The van der Waals surface area contributed by atoms with Crippen LogP contribution in [0.4, 0.5) is 0 Å². The number of nitrogens with one attached hydrogen (secondary N) is 1. The predicted molar refractivity (Wildman–Crippen MR) is 116 cm³/mol. The molecule has 152 valence electrons. The molecule has 5 nitrogen and oxygen atoms in total. The zero-order valence-electron chi connectivity index (χ0n) is 15.5. The van der Waals surface area contributed by atoms with Gasteiger partial charge in [-0.05, 0) is 49.2 Å². The van der Waals surface area contributed by atoms with E-state index in [0.717, 1.165) is 22.2 Å². The minimum absolute atomic E-state index is 0.156. The molecule has 0 aliphatic carbocycles. The van der Waals surface area contributed by atoms with Crippen molar-refractivity contribution in [1.82, 2.24) is 10.2 Å². The SMILES string of the molecule is O=C(NC1CCOc2ccc(Br)cc21)C1CCCN1C(=O)c1cc(Cl)ccc1Cl. The van der Waals surface area contributed by atoms with Crippen molar-refractivity contribution in [2.45, 2.75) is 31.3 Å². The van der Waals surface area contributed by atoms with Crippen LogP contribution in [0.5, 0.6) is 5.75 Å². The Hall–Kier alpha value is -1.76. The summed E-state index contributed by atoms with van der Waals surface area (Å²) in [6, 6.07) is 9.86. The van der Waals surface area contributed by atoms with Crippen LogP contribution in [0.25, 0.3) is 0 Å².